The topological polar surface area (TPSA) is 33.5 Å². The van der Waals surface area contributed by atoms with Crippen LogP contribution in [0.1, 0.15) is 32.6 Å². The Morgan fingerprint density at radius 1 is 1.15 bits per heavy atom. The Bertz CT molecular complexity index is 451. The molecule has 1 aliphatic rings. The van der Waals surface area contributed by atoms with Crippen LogP contribution in [0.15, 0.2) is 18.2 Å². The summed E-state index contributed by atoms with van der Waals surface area (Å²) in [6.07, 6.45) is 4.58. The van der Waals surface area contributed by atoms with Crippen molar-refractivity contribution in [2.45, 2.75) is 38.6 Å². The summed E-state index contributed by atoms with van der Waals surface area (Å²) in [4.78, 5) is 13.4. The SMILES string of the molecule is C[C@@H](C(=O)Nc1c(F)cccc1F)[NH+]1CCCCCC1. The van der Waals surface area contributed by atoms with E-state index >= 15 is 0 Å². The second-order valence-electron chi connectivity index (χ2n) is 5.38. The average Bonchev–Trinajstić information content (AvgIpc) is 2.71. The third kappa shape index (κ3) is 3.54. The molecule has 0 aromatic heterocycles. The van der Waals surface area contributed by atoms with E-state index in [1.807, 2.05) is 6.92 Å². The quantitative estimate of drug-likeness (QED) is 0.870. The van der Waals surface area contributed by atoms with Crippen molar-refractivity contribution in [1.82, 2.24) is 0 Å². The van der Waals surface area contributed by atoms with Crippen molar-refractivity contribution in [2.24, 2.45) is 0 Å². The van der Waals surface area contributed by atoms with Crippen molar-refractivity contribution < 1.29 is 18.5 Å². The first-order valence-corrected chi connectivity index (χ1v) is 7.19. The fourth-order valence-electron chi connectivity index (χ4n) is 2.65. The highest BCUT2D eigenvalue weighted by Crippen LogP contribution is 2.17. The fourth-order valence-corrected chi connectivity index (χ4v) is 2.65. The Morgan fingerprint density at radius 3 is 2.25 bits per heavy atom. The minimum Gasteiger partial charge on any atom is -0.325 e. The highest BCUT2D eigenvalue weighted by Gasteiger charge is 2.27. The number of nitrogens with one attached hydrogen (secondary N) is 2. The number of hydrogen-bond acceptors (Lipinski definition) is 1. The number of likely N-dealkylation sites (tertiary alicyclic amines) is 1. The van der Waals surface area contributed by atoms with Crippen LogP contribution in [0.25, 0.3) is 0 Å². The number of carbonyl (C=O) groups excluding carboxylic acids is 1. The van der Waals surface area contributed by atoms with Crippen LogP contribution in [0.4, 0.5) is 14.5 Å². The molecule has 110 valence electrons. The monoisotopic (exact) mass is 283 g/mol. The van der Waals surface area contributed by atoms with E-state index in [0.29, 0.717) is 0 Å². The molecule has 1 aliphatic heterocycles. The van der Waals surface area contributed by atoms with E-state index in [9.17, 15) is 13.6 Å². The molecule has 2 N–H and O–H groups in total. The van der Waals surface area contributed by atoms with Gasteiger partial charge in [0.2, 0.25) is 0 Å². The number of amides is 1. The molecule has 2 rings (SSSR count). The maximum absolute atomic E-state index is 13.5. The molecule has 0 aliphatic carbocycles. The average molecular weight is 283 g/mol. The first-order valence-electron chi connectivity index (χ1n) is 7.19. The summed E-state index contributed by atoms with van der Waals surface area (Å²) in [5.41, 5.74) is -0.349. The molecule has 5 heteroatoms. The lowest BCUT2D eigenvalue weighted by molar-refractivity contribution is -0.913. The van der Waals surface area contributed by atoms with Crippen LogP contribution in [0.2, 0.25) is 0 Å². The van der Waals surface area contributed by atoms with E-state index in [1.165, 1.54) is 23.8 Å². The fraction of sp³-hybridized carbons (Fsp3) is 0.533. The van der Waals surface area contributed by atoms with E-state index in [4.69, 9.17) is 0 Å². The van der Waals surface area contributed by atoms with E-state index < -0.39 is 11.6 Å². The predicted molar refractivity (Wildman–Crippen MR) is 73.6 cm³/mol. The van der Waals surface area contributed by atoms with Gasteiger partial charge in [-0.3, -0.25) is 4.79 Å². The smallest absolute Gasteiger partial charge is 0.282 e. The molecule has 0 bridgehead atoms. The first-order chi connectivity index (χ1) is 9.59. The van der Waals surface area contributed by atoms with Crippen molar-refractivity contribution in [3.05, 3.63) is 29.8 Å². The zero-order chi connectivity index (χ0) is 14.5. The number of rotatable bonds is 3. The van der Waals surface area contributed by atoms with E-state index in [2.05, 4.69) is 5.32 Å². The number of halogens is 2. The van der Waals surface area contributed by atoms with Gasteiger partial charge in [-0.05, 0) is 44.7 Å². The van der Waals surface area contributed by atoms with Crippen LogP contribution in [-0.4, -0.2) is 25.0 Å². The highest BCUT2D eigenvalue weighted by molar-refractivity contribution is 5.93. The standard InChI is InChI=1S/C15H20F2N2O/c1-11(19-9-4-2-3-5-10-19)15(20)18-14-12(16)7-6-8-13(14)17/h6-8,11H,2-5,9-10H2,1H3,(H,18,20)/p+1/t11-/m0/s1. The van der Waals surface area contributed by atoms with Crippen LogP contribution >= 0.6 is 0 Å². The third-order valence-corrected chi connectivity index (χ3v) is 3.96. The van der Waals surface area contributed by atoms with Crippen LogP contribution in [-0.2, 0) is 4.79 Å². The molecule has 1 aromatic carbocycles. The van der Waals surface area contributed by atoms with Gasteiger partial charge < -0.3 is 10.2 Å². The van der Waals surface area contributed by atoms with E-state index in [1.54, 1.807) is 0 Å². The molecule has 1 heterocycles. The number of carbonyl (C=O) groups is 1. The Morgan fingerprint density at radius 2 is 1.70 bits per heavy atom. The van der Waals surface area contributed by atoms with Gasteiger partial charge in [-0.1, -0.05) is 6.07 Å². The van der Waals surface area contributed by atoms with Crippen molar-refractivity contribution in [2.75, 3.05) is 18.4 Å². The number of para-hydroxylation sites is 1. The summed E-state index contributed by atoms with van der Waals surface area (Å²) in [6, 6.07) is 3.26. The highest BCUT2D eigenvalue weighted by atomic mass is 19.1. The van der Waals surface area contributed by atoms with E-state index in [-0.39, 0.29) is 17.6 Å². The summed E-state index contributed by atoms with van der Waals surface area (Å²) >= 11 is 0. The van der Waals surface area contributed by atoms with Gasteiger partial charge >= 0.3 is 0 Å². The van der Waals surface area contributed by atoms with Crippen molar-refractivity contribution in [3.63, 3.8) is 0 Å². The van der Waals surface area contributed by atoms with Gasteiger partial charge in [-0.15, -0.1) is 0 Å². The third-order valence-electron chi connectivity index (χ3n) is 3.96. The second-order valence-corrected chi connectivity index (χ2v) is 5.38. The largest absolute Gasteiger partial charge is 0.325 e. The number of benzene rings is 1. The maximum atomic E-state index is 13.5. The minimum absolute atomic E-state index is 0.299. The van der Waals surface area contributed by atoms with Gasteiger partial charge in [-0.25, -0.2) is 8.78 Å². The summed E-state index contributed by atoms with van der Waals surface area (Å²) < 4.78 is 27.0. The molecule has 3 nitrogen and oxygen atoms in total. The zero-order valence-corrected chi connectivity index (χ0v) is 11.7. The number of quaternary nitrogens is 1. The maximum Gasteiger partial charge on any atom is 0.282 e. The molecule has 1 fully saturated rings. The molecule has 1 aromatic rings. The van der Waals surface area contributed by atoms with Gasteiger partial charge in [0.1, 0.15) is 17.3 Å². The molecule has 20 heavy (non-hydrogen) atoms. The summed E-state index contributed by atoms with van der Waals surface area (Å²) in [7, 11) is 0. The molecular weight excluding hydrogens is 262 g/mol. The lowest BCUT2D eigenvalue weighted by atomic mass is 10.2. The van der Waals surface area contributed by atoms with Gasteiger partial charge in [0.05, 0.1) is 13.1 Å². The summed E-state index contributed by atoms with van der Waals surface area (Å²) in [6.45, 7) is 3.69. The van der Waals surface area contributed by atoms with Crippen LogP contribution < -0.4 is 10.2 Å². The van der Waals surface area contributed by atoms with Crippen LogP contribution in [0, 0.1) is 11.6 Å². The molecular formula is C15H21F2N2O+. The Balaban J connectivity index is 2.03. The normalized spacial score (nSPS) is 18.4. The zero-order valence-electron chi connectivity index (χ0n) is 11.7. The van der Waals surface area contributed by atoms with Crippen LogP contribution in [0.5, 0.6) is 0 Å². The molecule has 0 radical (unpaired) electrons. The Kier molecular flexibility index (Phi) is 5.06. The van der Waals surface area contributed by atoms with Crippen LogP contribution in [0.3, 0.4) is 0 Å². The van der Waals surface area contributed by atoms with Gasteiger partial charge in [0.15, 0.2) is 6.04 Å². The van der Waals surface area contributed by atoms with Gasteiger partial charge in [-0.2, -0.15) is 0 Å². The first kappa shape index (κ1) is 14.9. The Labute approximate surface area is 118 Å². The molecule has 0 spiro atoms. The number of anilines is 1. The van der Waals surface area contributed by atoms with Gasteiger partial charge in [0.25, 0.3) is 5.91 Å². The predicted octanol–water partition coefficient (Wildman–Crippen LogP) is 1.75. The number of hydrogen-bond donors (Lipinski definition) is 2. The molecule has 1 saturated heterocycles. The summed E-state index contributed by atoms with van der Waals surface area (Å²) in [5, 5.41) is 2.39. The molecule has 0 unspecified atom stereocenters. The lowest BCUT2D eigenvalue weighted by Crippen LogP contribution is -3.16. The summed E-state index contributed by atoms with van der Waals surface area (Å²) in [5.74, 6) is -1.81. The van der Waals surface area contributed by atoms with Crippen molar-refractivity contribution in [1.29, 1.82) is 0 Å². The molecule has 0 saturated carbocycles. The van der Waals surface area contributed by atoms with E-state index in [0.717, 1.165) is 38.1 Å². The lowest BCUT2D eigenvalue weighted by Gasteiger charge is -2.23. The molecule has 1 atom stereocenters. The second kappa shape index (κ2) is 6.79. The van der Waals surface area contributed by atoms with Gasteiger partial charge in [0, 0.05) is 0 Å². The molecule has 1 amide bonds. The van der Waals surface area contributed by atoms with Crippen molar-refractivity contribution >= 4 is 11.6 Å². The van der Waals surface area contributed by atoms with Crippen molar-refractivity contribution in [3.8, 4) is 0 Å². The minimum atomic E-state index is -0.739. The Hall–Kier alpha value is -1.49.